The molecule has 0 radical (unpaired) electrons. The highest BCUT2D eigenvalue weighted by molar-refractivity contribution is 9.12. The quantitative estimate of drug-likeness (QED) is 0.636. The van der Waals surface area contributed by atoms with E-state index in [0.29, 0.717) is 11.3 Å². The second kappa shape index (κ2) is 7.52. The molecule has 0 fully saturated rings. The summed E-state index contributed by atoms with van der Waals surface area (Å²) in [5, 5.41) is 2.65. The molecule has 0 aliphatic carbocycles. The Kier molecular flexibility index (Phi) is 5.44. The lowest BCUT2D eigenvalue weighted by atomic mass is 10.1. The van der Waals surface area contributed by atoms with E-state index in [1.165, 1.54) is 6.08 Å². The fourth-order valence-corrected chi connectivity index (χ4v) is 1.85. The number of carbonyl (C=O) groups excluding carboxylic acids is 2. The van der Waals surface area contributed by atoms with Gasteiger partial charge >= 0.3 is 0 Å². The van der Waals surface area contributed by atoms with Crippen molar-refractivity contribution >= 4 is 39.4 Å². The molecule has 0 aromatic heterocycles. The van der Waals surface area contributed by atoms with Gasteiger partial charge in [0, 0.05) is 11.3 Å². The summed E-state index contributed by atoms with van der Waals surface area (Å²) < 4.78 is 0.249. The zero-order valence-corrected chi connectivity index (χ0v) is 13.3. The molecule has 0 saturated carbocycles. The zero-order valence-electron chi connectivity index (χ0n) is 11.8. The molecule has 1 N–H and O–H groups in total. The third-order valence-corrected chi connectivity index (χ3v) is 3.26. The van der Waals surface area contributed by atoms with Crippen LogP contribution in [0.1, 0.15) is 15.9 Å². The number of amides is 1. The number of carbonyl (C=O) groups is 2. The van der Waals surface area contributed by atoms with Crippen molar-refractivity contribution < 1.29 is 9.59 Å². The van der Waals surface area contributed by atoms with Crippen LogP contribution < -0.4 is 5.32 Å². The Bertz CT molecular complexity index is 719. The number of halogens is 1. The highest BCUT2D eigenvalue weighted by Crippen LogP contribution is 2.13. The van der Waals surface area contributed by atoms with E-state index in [1.807, 2.05) is 30.3 Å². The zero-order chi connectivity index (χ0) is 15.9. The molecule has 0 aliphatic heterocycles. The van der Waals surface area contributed by atoms with Gasteiger partial charge in [-0.15, -0.1) is 0 Å². The number of anilines is 1. The fraction of sp³-hybridized carbons (Fsp3) is 0. The minimum atomic E-state index is -0.317. The van der Waals surface area contributed by atoms with Gasteiger partial charge in [-0.1, -0.05) is 43.0 Å². The van der Waals surface area contributed by atoms with Crippen molar-refractivity contribution in [2.45, 2.75) is 0 Å². The number of nitrogens with one attached hydrogen (secondary N) is 1. The van der Waals surface area contributed by atoms with Crippen molar-refractivity contribution in [2.24, 2.45) is 0 Å². The summed E-state index contributed by atoms with van der Waals surface area (Å²) in [4.78, 5) is 23.5. The van der Waals surface area contributed by atoms with Gasteiger partial charge in [0.15, 0.2) is 5.78 Å². The molecule has 2 aromatic rings. The Labute approximate surface area is 137 Å². The number of allylic oxidation sites excluding steroid dienone is 1. The van der Waals surface area contributed by atoms with Crippen LogP contribution in [-0.4, -0.2) is 11.7 Å². The topological polar surface area (TPSA) is 46.2 Å². The first kappa shape index (κ1) is 15.9. The summed E-state index contributed by atoms with van der Waals surface area (Å²) >= 11 is 3.01. The molecule has 4 heteroatoms. The summed E-state index contributed by atoms with van der Waals surface area (Å²) in [5.41, 5.74) is 2.13. The minimum absolute atomic E-state index is 0.0911. The van der Waals surface area contributed by atoms with Gasteiger partial charge < -0.3 is 5.32 Å². The largest absolute Gasteiger partial charge is 0.322 e. The molecule has 2 rings (SSSR count). The lowest BCUT2D eigenvalue weighted by Gasteiger charge is -2.04. The standard InChI is InChI=1S/C18H14BrNO2/c1-13(19)18(22)20-16-10-8-15(9-11-16)17(21)12-7-14-5-3-2-4-6-14/h2-12H,1H2,(H,20,22)/b12-7+. The van der Waals surface area contributed by atoms with Gasteiger partial charge in [0.2, 0.25) is 0 Å². The van der Waals surface area contributed by atoms with E-state index in [9.17, 15) is 9.59 Å². The summed E-state index contributed by atoms with van der Waals surface area (Å²) in [5.74, 6) is -0.408. The molecule has 0 heterocycles. The Hall–Kier alpha value is -2.46. The van der Waals surface area contributed by atoms with E-state index in [1.54, 1.807) is 30.3 Å². The Morgan fingerprint density at radius 3 is 2.23 bits per heavy atom. The van der Waals surface area contributed by atoms with Crippen molar-refractivity contribution in [3.63, 3.8) is 0 Å². The summed E-state index contributed by atoms with van der Waals surface area (Å²) in [6, 6.07) is 16.3. The van der Waals surface area contributed by atoms with Crippen molar-refractivity contribution in [1.82, 2.24) is 0 Å². The van der Waals surface area contributed by atoms with E-state index in [2.05, 4.69) is 27.8 Å². The Morgan fingerprint density at radius 2 is 1.64 bits per heavy atom. The van der Waals surface area contributed by atoms with Gasteiger partial charge in [0.05, 0.1) is 4.48 Å². The molecule has 0 atom stereocenters. The first-order chi connectivity index (χ1) is 10.6. The molecule has 110 valence electrons. The van der Waals surface area contributed by atoms with Crippen molar-refractivity contribution in [3.8, 4) is 0 Å². The van der Waals surface area contributed by atoms with E-state index < -0.39 is 0 Å². The number of rotatable bonds is 5. The maximum absolute atomic E-state index is 12.1. The van der Waals surface area contributed by atoms with Gasteiger partial charge in [-0.2, -0.15) is 0 Å². The first-order valence-electron chi connectivity index (χ1n) is 6.59. The minimum Gasteiger partial charge on any atom is -0.322 e. The smallest absolute Gasteiger partial charge is 0.262 e. The fourth-order valence-electron chi connectivity index (χ4n) is 1.75. The lowest BCUT2D eigenvalue weighted by Crippen LogP contribution is -2.10. The first-order valence-corrected chi connectivity index (χ1v) is 7.39. The average Bonchev–Trinajstić information content (AvgIpc) is 2.54. The van der Waals surface area contributed by atoms with Crippen LogP contribution in [-0.2, 0) is 4.79 Å². The van der Waals surface area contributed by atoms with Crippen LogP contribution in [0.25, 0.3) is 6.08 Å². The maximum Gasteiger partial charge on any atom is 0.262 e. The predicted octanol–water partition coefficient (Wildman–Crippen LogP) is 4.43. The predicted molar refractivity (Wildman–Crippen MR) is 92.9 cm³/mol. The van der Waals surface area contributed by atoms with Crippen LogP contribution in [0.4, 0.5) is 5.69 Å². The highest BCUT2D eigenvalue weighted by Gasteiger charge is 2.05. The third kappa shape index (κ3) is 4.53. The second-order valence-corrected chi connectivity index (χ2v) is 5.50. The van der Waals surface area contributed by atoms with Crippen molar-refractivity contribution in [2.75, 3.05) is 5.32 Å². The molecular weight excluding hydrogens is 342 g/mol. The Morgan fingerprint density at radius 1 is 1.00 bits per heavy atom. The second-order valence-electron chi connectivity index (χ2n) is 4.54. The normalized spacial score (nSPS) is 10.4. The van der Waals surface area contributed by atoms with Crippen LogP contribution in [0.5, 0.6) is 0 Å². The molecule has 0 aliphatic rings. The third-order valence-electron chi connectivity index (χ3n) is 2.90. The molecule has 2 aromatic carbocycles. The maximum atomic E-state index is 12.1. The van der Waals surface area contributed by atoms with Crippen LogP contribution in [0.2, 0.25) is 0 Å². The molecular formula is C18H14BrNO2. The summed E-state index contributed by atoms with van der Waals surface area (Å²) in [6.07, 6.45) is 3.30. The molecule has 3 nitrogen and oxygen atoms in total. The molecule has 0 saturated heterocycles. The molecule has 22 heavy (non-hydrogen) atoms. The number of hydrogen-bond donors (Lipinski definition) is 1. The molecule has 0 spiro atoms. The van der Waals surface area contributed by atoms with Crippen LogP contribution >= 0.6 is 15.9 Å². The van der Waals surface area contributed by atoms with Crippen LogP contribution in [0, 0.1) is 0 Å². The SMILES string of the molecule is C=C(Br)C(=O)Nc1ccc(C(=O)/C=C/c2ccccc2)cc1. The number of ketones is 1. The van der Waals surface area contributed by atoms with E-state index in [0.717, 1.165) is 5.56 Å². The van der Waals surface area contributed by atoms with E-state index in [-0.39, 0.29) is 16.2 Å². The van der Waals surface area contributed by atoms with Gasteiger partial charge in [-0.25, -0.2) is 0 Å². The summed E-state index contributed by atoms with van der Waals surface area (Å²) in [7, 11) is 0. The Balaban J connectivity index is 2.04. The van der Waals surface area contributed by atoms with Gasteiger partial charge in [0.1, 0.15) is 0 Å². The molecule has 1 amide bonds. The van der Waals surface area contributed by atoms with Gasteiger partial charge in [-0.05, 0) is 51.8 Å². The average molecular weight is 356 g/mol. The molecule has 0 unspecified atom stereocenters. The molecule has 0 bridgehead atoms. The van der Waals surface area contributed by atoms with Gasteiger partial charge in [0.25, 0.3) is 5.91 Å². The van der Waals surface area contributed by atoms with E-state index in [4.69, 9.17) is 0 Å². The number of benzene rings is 2. The highest BCUT2D eigenvalue weighted by atomic mass is 79.9. The van der Waals surface area contributed by atoms with Gasteiger partial charge in [-0.3, -0.25) is 9.59 Å². The monoisotopic (exact) mass is 355 g/mol. The van der Waals surface area contributed by atoms with Crippen molar-refractivity contribution in [1.29, 1.82) is 0 Å². The number of hydrogen-bond acceptors (Lipinski definition) is 2. The van der Waals surface area contributed by atoms with Crippen LogP contribution in [0.3, 0.4) is 0 Å². The van der Waals surface area contributed by atoms with E-state index >= 15 is 0 Å². The summed E-state index contributed by atoms with van der Waals surface area (Å²) in [6.45, 7) is 3.49. The lowest BCUT2D eigenvalue weighted by molar-refractivity contribution is -0.112. The van der Waals surface area contributed by atoms with Crippen LogP contribution in [0.15, 0.2) is 71.7 Å². The van der Waals surface area contributed by atoms with Crippen molar-refractivity contribution in [3.05, 3.63) is 82.9 Å².